The van der Waals surface area contributed by atoms with Crippen LogP contribution in [0.2, 0.25) is 0 Å². The zero-order chi connectivity index (χ0) is 11.7. The molecule has 1 aliphatic rings. The second kappa shape index (κ2) is 4.25. The van der Waals surface area contributed by atoms with Crippen LogP contribution in [-0.4, -0.2) is 32.9 Å². The van der Waals surface area contributed by atoms with Crippen LogP contribution in [0, 0.1) is 6.92 Å². The summed E-state index contributed by atoms with van der Waals surface area (Å²) in [5, 5.41) is 16.5. The summed E-state index contributed by atoms with van der Waals surface area (Å²) in [6.07, 6.45) is 3.85. The van der Waals surface area contributed by atoms with Crippen molar-refractivity contribution in [1.29, 1.82) is 0 Å². The van der Waals surface area contributed by atoms with Gasteiger partial charge in [0.25, 0.3) is 0 Å². The summed E-state index contributed by atoms with van der Waals surface area (Å²) < 4.78 is 1.76. The van der Waals surface area contributed by atoms with Crippen LogP contribution >= 0.6 is 0 Å². The predicted molar refractivity (Wildman–Crippen MR) is 59.3 cm³/mol. The lowest BCUT2D eigenvalue weighted by Crippen LogP contribution is -2.44. The Morgan fingerprint density at radius 3 is 2.81 bits per heavy atom. The number of aliphatic carboxylic acids is 1. The molecule has 1 aromatic rings. The Morgan fingerprint density at radius 1 is 1.69 bits per heavy atom. The van der Waals surface area contributed by atoms with Crippen LogP contribution in [0.1, 0.15) is 31.5 Å². The zero-order valence-corrected chi connectivity index (χ0v) is 9.55. The molecule has 0 saturated heterocycles. The third-order valence-electron chi connectivity index (χ3n) is 3.00. The maximum Gasteiger partial charge on any atom is 0.322 e. The number of carbonyl (C=O) groups is 1. The average molecular weight is 223 g/mol. The molecule has 0 spiro atoms. The van der Waals surface area contributed by atoms with Crippen LogP contribution in [0.15, 0.2) is 12.3 Å². The van der Waals surface area contributed by atoms with Gasteiger partial charge in [0, 0.05) is 17.9 Å². The summed E-state index contributed by atoms with van der Waals surface area (Å²) in [7, 11) is 0. The SMILES string of the molecule is Cc1ccnn1C(C)C(NC1CC1)C(=O)O. The number of hydrogen-bond acceptors (Lipinski definition) is 3. The summed E-state index contributed by atoms with van der Waals surface area (Å²) in [5.41, 5.74) is 0.983. The van der Waals surface area contributed by atoms with Crippen LogP contribution < -0.4 is 5.32 Å². The maximum atomic E-state index is 11.2. The van der Waals surface area contributed by atoms with Gasteiger partial charge in [0.1, 0.15) is 6.04 Å². The molecular weight excluding hydrogens is 206 g/mol. The molecule has 0 aliphatic heterocycles. The molecule has 1 aliphatic carbocycles. The molecule has 1 aromatic heterocycles. The molecule has 2 atom stereocenters. The minimum Gasteiger partial charge on any atom is -0.480 e. The lowest BCUT2D eigenvalue weighted by atomic mass is 10.1. The molecule has 5 nitrogen and oxygen atoms in total. The van der Waals surface area contributed by atoms with Gasteiger partial charge in [0.2, 0.25) is 0 Å². The summed E-state index contributed by atoms with van der Waals surface area (Å²) in [4.78, 5) is 11.2. The molecule has 16 heavy (non-hydrogen) atoms. The van der Waals surface area contributed by atoms with Gasteiger partial charge in [-0.05, 0) is 32.8 Å². The minimum absolute atomic E-state index is 0.173. The van der Waals surface area contributed by atoms with E-state index in [1.807, 2.05) is 19.9 Å². The molecule has 0 amide bonds. The smallest absolute Gasteiger partial charge is 0.322 e. The highest BCUT2D eigenvalue weighted by Gasteiger charge is 2.33. The number of aryl methyl sites for hydroxylation is 1. The molecule has 5 heteroatoms. The Balaban J connectivity index is 2.12. The van der Waals surface area contributed by atoms with E-state index in [0.29, 0.717) is 6.04 Å². The zero-order valence-electron chi connectivity index (χ0n) is 9.55. The van der Waals surface area contributed by atoms with Crippen molar-refractivity contribution in [3.8, 4) is 0 Å². The van der Waals surface area contributed by atoms with Crippen molar-refractivity contribution in [2.45, 2.75) is 44.8 Å². The molecular formula is C11H17N3O2. The van der Waals surface area contributed by atoms with E-state index < -0.39 is 12.0 Å². The summed E-state index contributed by atoms with van der Waals surface area (Å²) in [5.74, 6) is -0.811. The Kier molecular flexibility index (Phi) is 2.96. The molecule has 88 valence electrons. The highest BCUT2D eigenvalue weighted by atomic mass is 16.4. The second-order valence-corrected chi connectivity index (χ2v) is 4.41. The molecule has 1 fully saturated rings. The number of hydrogen-bond donors (Lipinski definition) is 2. The van der Waals surface area contributed by atoms with Crippen molar-refractivity contribution in [1.82, 2.24) is 15.1 Å². The lowest BCUT2D eigenvalue weighted by molar-refractivity contribution is -0.140. The van der Waals surface area contributed by atoms with Crippen molar-refractivity contribution in [3.05, 3.63) is 18.0 Å². The molecule has 0 aromatic carbocycles. The predicted octanol–water partition coefficient (Wildman–Crippen LogP) is 0.958. The quantitative estimate of drug-likeness (QED) is 0.780. The van der Waals surface area contributed by atoms with Gasteiger partial charge in [-0.1, -0.05) is 0 Å². The Hall–Kier alpha value is -1.36. The second-order valence-electron chi connectivity index (χ2n) is 4.41. The van der Waals surface area contributed by atoms with Gasteiger partial charge in [-0.25, -0.2) is 0 Å². The largest absolute Gasteiger partial charge is 0.480 e. The molecule has 1 saturated carbocycles. The van der Waals surface area contributed by atoms with E-state index in [1.165, 1.54) is 0 Å². The number of rotatable bonds is 5. The minimum atomic E-state index is -0.811. The van der Waals surface area contributed by atoms with Crippen molar-refractivity contribution in [3.63, 3.8) is 0 Å². The van der Waals surface area contributed by atoms with Gasteiger partial charge in [0.05, 0.1) is 6.04 Å². The van der Waals surface area contributed by atoms with Crippen molar-refractivity contribution in [2.75, 3.05) is 0 Å². The first-order chi connectivity index (χ1) is 7.59. The van der Waals surface area contributed by atoms with Crippen molar-refractivity contribution >= 4 is 5.97 Å². The van der Waals surface area contributed by atoms with E-state index >= 15 is 0 Å². The van der Waals surface area contributed by atoms with Gasteiger partial charge in [-0.2, -0.15) is 5.10 Å². The van der Waals surface area contributed by atoms with Crippen molar-refractivity contribution in [2.24, 2.45) is 0 Å². The Morgan fingerprint density at radius 2 is 2.38 bits per heavy atom. The standard InChI is InChI=1S/C11H17N3O2/c1-7-5-6-12-14(7)8(2)10(11(15)16)13-9-3-4-9/h5-6,8-10,13H,3-4H2,1-2H3,(H,15,16). The molecule has 2 N–H and O–H groups in total. The number of nitrogens with one attached hydrogen (secondary N) is 1. The molecule has 2 unspecified atom stereocenters. The monoisotopic (exact) mass is 223 g/mol. The van der Waals surface area contributed by atoms with Gasteiger partial charge in [-0.3, -0.25) is 14.8 Å². The third kappa shape index (κ3) is 2.24. The maximum absolute atomic E-state index is 11.2. The van der Waals surface area contributed by atoms with Crippen LogP contribution in [0.25, 0.3) is 0 Å². The van der Waals surface area contributed by atoms with Gasteiger partial charge in [-0.15, -0.1) is 0 Å². The third-order valence-corrected chi connectivity index (χ3v) is 3.00. The van der Waals surface area contributed by atoms with Crippen LogP contribution in [-0.2, 0) is 4.79 Å². The number of carboxylic acids is 1. The average Bonchev–Trinajstić information content (AvgIpc) is 2.95. The summed E-state index contributed by atoms with van der Waals surface area (Å²) in [6.45, 7) is 3.81. The van der Waals surface area contributed by atoms with E-state index in [4.69, 9.17) is 0 Å². The first-order valence-corrected chi connectivity index (χ1v) is 5.58. The first kappa shape index (κ1) is 11.1. The molecule has 1 heterocycles. The highest BCUT2D eigenvalue weighted by Crippen LogP contribution is 2.22. The van der Waals surface area contributed by atoms with E-state index in [2.05, 4.69) is 10.4 Å². The highest BCUT2D eigenvalue weighted by molar-refractivity contribution is 5.74. The molecule has 0 radical (unpaired) electrons. The normalized spacial score (nSPS) is 19.4. The summed E-state index contributed by atoms with van der Waals surface area (Å²) >= 11 is 0. The van der Waals surface area contributed by atoms with E-state index in [9.17, 15) is 9.90 Å². The fourth-order valence-corrected chi connectivity index (χ4v) is 1.87. The fraction of sp³-hybridized carbons (Fsp3) is 0.636. The van der Waals surface area contributed by atoms with Gasteiger partial charge < -0.3 is 5.11 Å². The van der Waals surface area contributed by atoms with E-state index in [0.717, 1.165) is 18.5 Å². The summed E-state index contributed by atoms with van der Waals surface area (Å²) in [6, 6.07) is 1.52. The van der Waals surface area contributed by atoms with Crippen LogP contribution in [0.3, 0.4) is 0 Å². The van der Waals surface area contributed by atoms with Crippen LogP contribution in [0.5, 0.6) is 0 Å². The Bertz CT molecular complexity index is 384. The topological polar surface area (TPSA) is 67.2 Å². The Labute approximate surface area is 94.5 Å². The number of carboxylic acid groups (broad SMARTS) is 1. The fourth-order valence-electron chi connectivity index (χ4n) is 1.87. The van der Waals surface area contributed by atoms with E-state index in [1.54, 1.807) is 10.9 Å². The van der Waals surface area contributed by atoms with Crippen LogP contribution in [0.4, 0.5) is 0 Å². The number of nitrogens with zero attached hydrogens (tertiary/aromatic N) is 2. The lowest BCUT2D eigenvalue weighted by Gasteiger charge is -2.22. The van der Waals surface area contributed by atoms with Gasteiger partial charge >= 0.3 is 5.97 Å². The first-order valence-electron chi connectivity index (χ1n) is 5.58. The number of aromatic nitrogens is 2. The molecule has 2 rings (SSSR count). The molecule has 0 bridgehead atoms. The van der Waals surface area contributed by atoms with Crippen molar-refractivity contribution < 1.29 is 9.90 Å². The van der Waals surface area contributed by atoms with E-state index in [-0.39, 0.29) is 6.04 Å². The van der Waals surface area contributed by atoms with Gasteiger partial charge in [0.15, 0.2) is 0 Å².